The van der Waals surface area contributed by atoms with Gasteiger partial charge in [0.05, 0.1) is 13.7 Å². The van der Waals surface area contributed by atoms with E-state index in [0.29, 0.717) is 0 Å². The minimum absolute atomic E-state index is 0.0312. The van der Waals surface area contributed by atoms with Crippen molar-refractivity contribution in [1.82, 2.24) is 0 Å². The largest absolute Gasteiger partial charge is 0.468 e. The van der Waals surface area contributed by atoms with Crippen LogP contribution in [0.25, 0.3) is 0 Å². The Bertz CT molecular complexity index is 266. The molecule has 0 heterocycles. The fourth-order valence-electron chi connectivity index (χ4n) is 0.615. The maximum atomic E-state index is 10.0. The van der Waals surface area contributed by atoms with Gasteiger partial charge in [0.15, 0.2) is 0 Å². The zero-order chi connectivity index (χ0) is 10.8. The average Bonchev–Trinajstić information content (AvgIpc) is 2.30. The molecule has 76 valence electrons. The summed E-state index contributed by atoms with van der Waals surface area (Å²) in [5.74, 6) is -0.380. The summed E-state index contributed by atoms with van der Waals surface area (Å²) < 4.78 is 4.14. The van der Waals surface area contributed by atoms with Crippen LogP contribution in [0.1, 0.15) is 10.4 Å². The van der Waals surface area contributed by atoms with Crippen LogP contribution in [0, 0.1) is 0 Å². The van der Waals surface area contributed by atoms with E-state index >= 15 is 0 Å². The van der Waals surface area contributed by atoms with Gasteiger partial charge < -0.3 is 10.5 Å². The predicted octanol–water partition coefficient (Wildman–Crippen LogP) is 0.617. The van der Waals surface area contributed by atoms with Crippen LogP contribution in [0.5, 0.6) is 0 Å². The quantitative estimate of drug-likeness (QED) is 0.554. The molecule has 0 saturated carbocycles. The molecule has 0 spiro atoms. The average molecular weight is 195 g/mol. The van der Waals surface area contributed by atoms with E-state index in [9.17, 15) is 9.59 Å². The lowest BCUT2D eigenvalue weighted by molar-refractivity contribution is -0.138. The zero-order valence-corrected chi connectivity index (χ0v) is 7.97. The summed E-state index contributed by atoms with van der Waals surface area (Å²) in [7, 11) is 1.30. The zero-order valence-electron chi connectivity index (χ0n) is 7.97. The molecule has 1 aromatic rings. The van der Waals surface area contributed by atoms with Gasteiger partial charge in [0, 0.05) is 5.56 Å². The SMILES string of the molecule is COC(=O)CN.O=Cc1ccccc1. The van der Waals surface area contributed by atoms with Gasteiger partial charge in [-0.1, -0.05) is 30.3 Å². The summed E-state index contributed by atoms with van der Waals surface area (Å²) in [6.07, 6.45) is 0.833. The fourth-order valence-corrected chi connectivity index (χ4v) is 0.615. The molecule has 0 saturated heterocycles. The van der Waals surface area contributed by atoms with Crippen LogP contribution in [0.3, 0.4) is 0 Å². The molecule has 0 aromatic heterocycles. The minimum Gasteiger partial charge on any atom is -0.468 e. The van der Waals surface area contributed by atoms with Crippen LogP contribution in [0.4, 0.5) is 0 Å². The standard InChI is InChI=1S/C7H6O.C3H7NO2/c8-6-7-4-2-1-3-5-7;1-6-3(5)2-4/h1-6H;2,4H2,1H3. The Balaban J connectivity index is 0.000000255. The Hall–Kier alpha value is -1.68. The van der Waals surface area contributed by atoms with Crippen LogP contribution in [0.2, 0.25) is 0 Å². The van der Waals surface area contributed by atoms with Crippen LogP contribution in [0.15, 0.2) is 30.3 Å². The number of nitrogens with two attached hydrogens (primary N) is 1. The van der Waals surface area contributed by atoms with Gasteiger partial charge >= 0.3 is 5.97 Å². The van der Waals surface area contributed by atoms with Crippen molar-refractivity contribution < 1.29 is 14.3 Å². The molecular weight excluding hydrogens is 182 g/mol. The van der Waals surface area contributed by atoms with Crippen LogP contribution in [-0.4, -0.2) is 25.9 Å². The van der Waals surface area contributed by atoms with Gasteiger partial charge in [-0.3, -0.25) is 9.59 Å². The van der Waals surface area contributed by atoms with E-state index < -0.39 is 0 Å². The van der Waals surface area contributed by atoms with Crippen molar-refractivity contribution in [2.45, 2.75) is 0 Å². The highest BCUT2D eigenvalue weighted by Crippen LogP contribution is 1.91. The van der Waals surface area contributed by atoms with Crippen molar-refractivity contribution in [3.8, 4) is 0 Å². The number of hydrogen-bond donors (Lipinski definition) is 1. The van der Waals surface area contributed by atoms with Crippen LogP contribution in [-0.2, 0) is 9.53 Å². The third-order valence-corrected chi connectivity index (χ3v) is 1.33. The number of benzene rings is 1. The Labute approximate surface area is 82.7 Å². The lowest BCUT2D eigenvalue weighted by atomic mass is 10.2. The molecule has 0 bridgehead atoms. The van der Waals surface area contributed by atoms with E-state index in [1.54, 1.807) is 12.1 Å². The summed E-state index contributed by atoms with van der Waals surface area (Å²) >= 11 is 0. The van der Waals surface area contributed by atoms with Gasteiger partial charge in [-0.15, -0.1) is 0 Å². The first-order valence-corrected chi connectivity index (χ1v) is 4.01. The van der Waals surface area contributed by atoms with E-state index in [0.717, 1.165) is 11.8 Å². The monoisotopic (exact) mass is 195 g/mol. The van der Waals surface area contributed by atoms with Crippen molar-refractivity contribution in [3.63, 3.8) is 0 Å². The maximum absolute atomic E-state index is 10.0. The van der Waals surface area contributed by atoms with Gasteiger partial charge in [0.2, 0.25) is 0 Å². The Kier molecular flexibility index (Phi) is 6.99. The van der Waals surface area contributed by atoms with E-state index in [1.165, 1.54) is 7.11 Å². The van der Waals surface area contributed by atoms with Crippen molar-refractivity contribution in [2.24, 2.45) is 5.73 Å². The number of ether oxygens (including phenoxy) is 1. The Morgan fingerprint density at radius 1 is 1.43 bits per heavy atom. The Morgan fingerprint density at radius 2 is 2.00 bits per heavy atom. The first-order chi connectivity index (χ1) is 6.74. The van der Waals surface area contributed by atoms with Gasteiger partial charge in [-0.2, -0.15) is 0 Å². The van der Waals surface area contributed by atoms with Gasteiger partial charge in [0.25, 0.3) is 0 Å². The maximum Gasteiger partial charge on any atom is 0.319 e. The van der Waals surface area contributed by atoms with E-state index in [2.05, 4.69) is 4.74 Å². The molecular formula is C10H13NO3. The number of rotatable bonds is 2. The first kappa shape index (κ1) is 12.3. The molecule has 0 unspecified atom stereocenters. The number of methoxy groups -OCH3 is 1. The summed E-state index contributed by atoms with van der Waals surface area (Å²) in [5, 5.41) is 0. The highest BCUT2D eigenvalue weighted by Gasteiger charge is 1.87. The lowest BCUT2D eigenvalue weighted by Crippen LogP contribution is -2.14. The lowest BCUT2D eigenvalue weighted by Gasteiger charge is -1.87. The predicted molar refractivity (Wildman–Crippen MR) is 52.9 cm³/mol. The second kappa shape index (κ2) is 7.94. The summed E-state index contributed by atoms with van der Waals surface area (Å²) in [6, 6.07) is 9.10. The molecule has 0 aliphatic rings. The highest BCUT2D eigenvalue weighted by molar-refractivity contribution is 5.74. The van der Waals surface area contributed by atoms with Gasteiger partial charge in [-0.05, 0) is 0 Å². The molecule has 0 radical (unpaired) electrons. The van der Waals surface area contributed by atoms with Gasteiger partial charge in [0.1, 0.15) is 6.29 Å². The van der Waals surface area contributed by atoms with Crippen LogP contribution >= 0.6 is 0 Å². The highest BCUT2D eigenvalue weighted by atomic mass is 16.5. The second-order valence-electron chi connectivity index (χ2n) is 2.31. The van der Waals surface area contributed by atoms with Crippen LogP contribution < -0.4 is 5.73 Å². The Morgan fingerprint density at radius 3 is 2.21 bits per heavy atom. The van der Waals surface area contributed by atoms with Gasteiger partial charge in [-0.25, -0.2) is 0 Å². The molecule has 4 heteroatoms. The molecule has 4 nitrogen and oxygen atoms in total. The van der Waals surface area contributed by atoms with E-state index in [4.69, 9.17) is 5.73 Å². The first-order valence-electron chi connectivity index (χ1n) is 4.01. The third kappa shape index (κ3) is 5.91. The molecule has 14 heavy (non-hydrogen) atoms. The van der Waals surface area contributed by atoms with Crippen molar-refractivity contribution >= 4 is 12.3 Å². The smallest absolute Gasteiger partial charge is 0.319 e. The number of carbonyl (C=O) groups is 2. The number of esters is 1. The normalized spacial score (nSPS) is 8.14. The molecule has 0 amide bonds. The number of carbonyl (C=O) groups excluding carboxylic acids is 2. The summed E-state index contributed by atoms with van der Waals surface area (Å²) in [4.78, 5) is 19.8. The molecule has 1 aromatic carbocycles. The summed E-state index contributed by atoms with van der Waals surface area (Å²) in [6.45, 7) is -0.0312. The molecule has 0 aliphatic heterocycles. The third-order valence-electron chi connectivity index (χ3n) is 1.33. The number of aldehydes is 1. The van der Waals surface area contributed by atoms with E-state index in [1.807, 2.05) is 18.2 Å². The number of hydrogen-bond acceptors (Lipinski definition) is 4. The van der Waals surface area contributed by atoms with E-state index in [-0.39, 0.29) is 12.5 Å². The minimum atomic E-state index is -0.380. The topological polar surface area (TPSA) is 69.4 Å². The second-order valence-corrected chi connectivity index (χ2v) is 2.31. The fraction of sp³-hybridized carbons (Fsp3) is 0.200. The summed E-state index contributed by atoms with van der Waals surface area (Å²) in [5.41, 5.74) is 5.54. The van der Waals surface area contributed by atoms with Crippen molar-refractivity contribution in [2.75, 3.05) is 13.7 Å². The molecule has 0 atom stereocenters. The van der Waals surface area contributed by atoms with Crippen molar-refractivity contribution in [3.05, 3.63) is 35.9 Å². The van der Waals surface area contributed by atoms with Crippen molar-refractivity contribution in [1.29, 1.82) is 0 Å². The molecule has 0 aliphatic carbocycles. The molecule has 2 N–H and O–H groups in total. The molecule has 1 rings (SSSR count). The molecule has 0 fully saturated rings.